The second-order valence-corrected chi connectivity index (χ2v) is 5.97. The van der Waals surface area contributed by atoms with Gasteiger partial charge in [0.15, 0.2) is 0 Å². The van der Waals surface area contributed by atoms with Gasteiger partial charge in [-0.25, -0.2) is 0 Å². The maximum atomic E-state index is 12.2. The first-order chi connectivity index (χ1) is 9.91. The third-order valence-corrected chi connectivity index (χ3v) is 3.34. The number of carbonyl (C=O) groups excluding carboxylic acids is 1. The number of anilines is 1. The SMILES string of the molecule is CC(C)(C)c1ccc(C(=O)Nc2cnccc2CO)cc1. The van der Waals surface area contributed by atoms with Gasteiger partial charge < -0.3 is 10.4 Å². The molecule has 0 saturated heterocycles. The second kappa shape index (κ2) is 6.06. The van der Waals surface area contributed by atoms with Gasteiger partial charge in [-0.15, -0.1) is 0 Å². The van der Waals surface area contributed by atoms with Crippen molar-refractivity contribution < 1.29 is 9.90 Å². The lowest BCUT2D eigenvalue weighted by Gasteiger charge is -2.19. The molecule has 4 heteroatoms. The molecule has 1 heterocycles. The Kier molecular flexibility index (Phi) is 4.38. The predicted octanol–water partition coefficient (Wildman–Crippen LogP) is 3.12. The van der Waals surface area contributed by atoms with E-state index in [4.69, 9.17) is 0 Å². The van der Waals surface area contributed by atoms with Crippen molar-refractivity contribution in [3.63, 3.8) is 0 Å². The number of aliphatic hydroxyl groups is 1. The van der Waals surface area contributed by atoms with Crippen LogP contribution in [0.4, 0.5) is 5.69 Å². The molecule has 1 aromatic carbocycles. The normalized spacial score (nSPS) is 11.2. The fourth-order valence-corrected chi connectivity index (χ4v) is 1.99. The van der Waals surface area contributed by atoms with Crippen LogP contribution in [0.3, 0.4) is 0 Å². The molecule has 110 valence electrons. The fraction of sp³-hybridized carbons (Fsp3) is 0.294. The zero-order valence-corrected chi connectivity index (χ0v) is 12.6. The van der Waals surface area contributed by atoms with Gasteiger partial charge >= 0.3 is 0 Å². The van der Waals surface area contributed by atoms with E-state index in [2.05, 4.69) is 31.1 Å². The molecule has 0 bridgehead atoms. The van der Waals surface area contributed by atoms with Crippen LogP contribution in [0.15, 0.2) is 42.7 Å². The average molecular weight is 284 g/mol. The highest BCUT2D eigenvalue weighted by molar-refractivity contribution is 6.04. The number of aromatic nitrogens is 1. The van der Waals surface area contributed by atoms with Gasteiger partial charge in [0.1, 0.15) is 0 Å². The monoisotopic (exact) mass is 284 g/mol. The van der Waals surface area contributed by atoms with Gasteiger partial charge in [0.25, 0.3) is 5.91 Å². The lowest BCUT2D eigenvalue weighted by atomic mass is 9.87. The minimum Gasteiger partial charge on any atom is -0.392 e. The fourth-order valence-electron chi connectivity index (χ4n) is 1.99. The van der Waals surface area contributed by atoms with Crippen LogP contribution in [-0.4, -0.2) is 16.0 Å². The Bertz CT molecular complexity index is 628. The molecular formula is C17H20N2O2. The van der Waals surface area contributed by atoms with Crippen LogP contribution in [0, 0.1) is 0 Å². The van der Waals surface area contributed by atoms with E-state index in [1.54, 1.807) is 12.3 Å². The third-order valence-electron chi connectivity index (χ3n) is 3.34. The maximum absolute atomic E-state index is 12.2. The number of aliphatic hydroxyl groups excluding tert-OH is 1. The molecular weight excluding hydrogens is 264 g/mol. The highest BCUT2D eigenvalue weighted by Gasteiger charge is 2.14. The first-order valence-corrected chi connectivity index (χ1v) is 6.87. The molecule has 0 saturated carbocycles. The molecule has 0 atom stereocenters. The molecule has 2 aromatic rings. The number of hydrogen-bond donors (Lipinski definition) is 2. The van der Waals surface area contributed by atoms with Crippen molar-refractivity contribution in [3.8, 4) is 0 Å². The first kappa shape index (κ1) is 15.2. The van der Waals surface area contributed by atoms with Crippen molar-refractivity contribution in [3.05, 3.63) is 59.4 Å². The number of nitrogens with zero attached hydrogens (tertiary/aromatic N) is 1. The summed E-state index contributed by atoms with van der Waals surface area (Å²) in [6, 6.07) is 9.23. The third kappa shape index (κ3) is 3.67. The number of nitrogens with one attached hydrogen (secondary N) is 1. The minimum absolute atomic E-state index is 0.0580. The topological polar surface area (TPSA) is 62.2 Å². The van der Waals surface area contributed by atoms with E-state index in [1.807, 2.05) is 24.3 Å². The van der Waals surface area contributed by atoms with Crippen LogP contribution in [0.5, 0.6) is 0 Å². The number of pyridine rings is 1. The minimum atomic E-state index is -0.210. The molecule has 2 rings (SSSR count). The predicted molar refractivity (Wildman–Crippen MR) is 83.3 cm³/mol. The Balaban J connectivity index is 2.17. The summed E-state index contributed by atoms with van der Waals surface area (Å²) in [5, 5.41) is 12.0. The number of hydrogen-bond acceptors (Lipinski definition) is 3. The van der Waals surface area contributed by atoms with Crippen LogP contribution in [0.1, 0.15) is 42.3 Å². The lowest BCUT2D eigenvalue weighted by molar-refractivity contribution is 0.102. The Morgan fingerprint density at radius 3 is 2.43 bits per heavy atom. The molecule has 0 aliphatic heterocycles. The van der Waals surface area contributed by atoms with Crippen LogP contribution in [-0.2, 0) is 12.0 Å². The molecule has 21 heavy (non-hydrogen) atoms. The van der Waals surface area contributed by atoms with Crippen LogP contribution < -0.4 is 5.32 Å². The molecule has 0 spiro atoms. The van der Waals surface area contributed by atoms with Crippen molar-refractivity contribution in [1.82, 2.24) is 4.98 Å². The Hall–Kier alpha value is -2.20. The van der Waals surface area contributed by atoms with Gasteiger partial charge in [0.05, 0.1) is 18.5 Å². The number of amides is 1. The second-order valence-electron chi connectivity index (χ2n) is 5.97. The molecule has 0 aliphatic rings. The molecule has 2 N–H and O–H groups in total. The van der Waals surface area contributed by atoms with Crippen LogP contribution in [0.2, 0.25) is 0 Å². The Morgan fingerprint density at radius 2 is 1.86 bits per heavy atom. The van der Waals surface area contributed by atoms with Gasteiger partial charge in [-0.2, -0.15) is 0 Å². The van der Waals surface area contributed by atoms with E-state index in [0.29, 0.717) is 16.8 Å². The van der Waals surface area contributed by atoms with Gasteiger partial charge in [0.2, 0.25) is 0 Å². The zero-order valence-electron chi connectivity index (χ0n) is 12.6. The average Bonchev–Trinajstić information content (AvgIpc) is 2.47. The lowest BCUT2D eigenvalue weighted by Crippen LogP contribution is -2.15. The molecule has 0 aliphatic carbocycles. The van der Waals surface area contributed by atoms with E-state index in [1.165, 1.54) is 11.8 Å². The largest absolute Gasteiger partial charge is 0.392 e. The molecule has 1 aromatic heterocycles. The van der Waals surface area contributed by atoms with E-state index in [0.717, 1.165) is 0 Å². The summed E-state index contributed by atoms with van der Waals surface area (Å²) in [6.45, 7) is 6.25. The molecule has 0 unspecified atom stereocenters. The molecule has 4 nitrogen and oxygen atoms in total. The first-order valence-electron chi connectivity index (χ1n) is 6.87. The summed E-state index contributed by atoms with van der Waals surface area (Å²) in [5.41, 5.74) is 2.99. The van der Waals surface area contributed by atoms with E-state index >= 15 is 0 Å². The van der Waals surface area contributed by atoms with Crippen molar-refractivity contribution in [2.24, 2.45) is 0 Å². The summed E-state index contributed by atoms with van der Waals surface area (Å²) in [7, 11) is 0. The standard InChI is InChI=1S/C17H20N2O2/c1-17(2,3)14-6-4-12(5-7-14)16(21)19-15-10-18-9-8-13(15)11-20/h4-10,20H,11H2,1-3H3,(H,19,21). The van der Waals surface area contributed by atoms with Crippen molar-refractivity contribution in [1.29, 1.82) is 0 Å². The number of benzene rings is 1. The van der Waals surface area contributed by atoms with Gasteiger partial charge in [-0.3, -0.25) is 9.78 Å². The number of carbonyl (C=O) groups is 1. The molecule has 1 amide bonds. The van der Waals surface area contributed by atoms with Crippen molar-refractivity contribution >= 4 is 11.6 Å². The van der Waals surface area contributed by atoms with Crippen LogP contribution >= 0.6 is 0 Å². The van der Waals surface area contributed by atoms with Crippen molar-refractivity contribution in [2.45, 2.75) is 32.8 Å². The highest BCUT2D eigenvalue weighted by Crippen LogP contribution is 2.22. The maximum Gasteiger partial charge on any atom is 0.255 e. The Morgan fingerprint density at radius 1 is 1.19 bits per heavy atom. The van der Waals surface area contributed by atoms with Gasteiger partial charge in [-0.1, -0.05) is 32.9 Å². The molecule has 0 radical (unpaired) electrons. The van der Waals surface area contributed by atoms with Gasteiger partial charge in [0, 0.05) is 17.3 Å². The summed E-state index contributed by atoms with van der Waals surface area (Å²) in [4.78, 5) is 16.2. The van der Waals surface area contributed by atoms with E-state index < -0.39 is 0 Å². The summed E-state index contributed by atoms with van der Waals surface area (Å²) < 4.78 is 0. The van der Waals surface area contributed by atoms with Crippen molar-refractivity contribution in [2.75, 3.05) is 5.32 Å². The van der Waals surface area contributed by atoms with E-state index in [-0.39, 0.29) is 17.9 Å². The zero-order chi connectivity index (χ0) is 15.5. The van der Waals surface area contributed by atoms with Crippen LogP contribution in [0.25, 0.3) is 0 Å². The smallest absolute Gasteiger partial charge is 0.255 e. The van der Waals surface area contributed by atoms with E-state index in [9.17, 15) is 9.90 Å². The number of rotatable bonds is 3. The molecule has 0 fully saturated rings. The summed E-state index contributed by atoms with van der Waals surface area (Å²) in [6.07, 6.45) is 3.12. The summed E-state index contributed by atoms with van der Waals surface area (Å²) >= 11 is 0. The quantitative estimate of drug-likeness (QED) is 0.910. The Labute approximate surface area is 124 Å². The highest BCUT2D eigenvalue weighted by atomic mass is 16.3. The summed E-state index contributed by atoms with van der Waals surface area (Å²) in [5.74, 6) is -0.210. The van der Waals surface area contributed by atoms with Gasteiger partial charge in [-0.05, 0) is 29.2 Å².